The smallest absolute Gasteiger partial charge is 0.0621 e. The summed E-state index contributed by atoms with van der Waals surface area (Å²) in [6.07, 6.45) is 4.30. The molecule has 0 fully saturated rings. The van der Waals surface area contributed by atoms with E-state index < -0.39 is 0 Å². The third-order valence-corrected chi connectivity index (χ3v) is 4.86. The van der Waals surface area contributed by atoms with E-state index >= 15 is 0 Å². The molecule has 0 aliphatic heterocycles. The molecular weight excluding hydrogens is 377 g/mol. The second-order valence-electron chi connectivity index (χ2n) is 4.15. The number of nitrogens with zero attached hydrogens (tertiary/aromatic N) is 1. The molecule has 0 saturated carbocycles. The van der Waals surface area contributed by atoms with Gasteiger partial charge in [-0.2, -0.15) is 0 Å². The first-order valence-corrected chi connectivity index (χ1v) is 7.65. The maximum Gasteiger partial charge on any atom is 0.0621 e. The Morgan fingerprint density at radius 2 is 2.11 bits per heavy atom. The Morgan fingerprint density at radius 3 is 2.78 bits per heavy atom. The van der Waals surface area contributed by atoms with Crippen molar-refractivity contribution in [1.82, 2.24) is 4.98 Å². The highest BCUT2D eigenvalue weighted by atomic mass is 79.9. The summed E-state index contributed by atoms with van der Waals surface area (Å²) in [5.41, 5.74) is 3.57. The van der Waals surface area contributed by atoms with Crippen LogP contribution in [0.15, 0.2) is 41.1 Å². The van der Waals surface area contributed by atoms with Gasteiger partial charge in [0.2, 0.25) is 0 Å². The van der Waals surface area contributed by atoms with Crippen molar-refractivity contribution < 1.29 is 0 Å². The number of hydrogen-bond donors (Lipinski definition) is 0. The summed E-state index contributed by atoms with van der Waals surface area (Å²) in [5, 5.41) is 0.716. The third-order valence-electron chi connectivity index (χ3n) is 2.81. The highest BCUT2D eigenvalue weighted by Crippen LogP contribution is 2.31. The molecule has 2 aromatic rings. The summed E-state index contributed by atoms with van der Waals surface area (Å²) in [6.45, 7) is 2.08. The first-order chi connectivity index (χ1) is 8.58. The third kappa shape index (κ3) is 3.34. The van der Waals surface area contributed by atoms with E-state index in [0.717, 1.165) is 16.5 Å². The van der Waals surface area contributed by atoms with Gasteiger partial charge in [0, 0.05) is 21.7 Å². The Morgan fingerprint density at radius 1 is 1.33 bits per heavy atom. The fraction of sp³-hybridized carbons (Fsp3) is 0.214. The fourth-order valence-electron chi connectivity index (χ4n) is 1.68. The molecule has 2 rings (SSSR count). The molecule has 0 aliphatic rings. The minimum atomic E-state index is 0.245. The van der Waals surface area contributed by atoms with Crippen molar-refractivity contribution in [3.8, 4) is 0 Å². The quantitative estimate of drug-likeness (QED) is 0.633. The maximum atomic E-state index is 6.12. The summed E-state index contributed by atoms with van der Waals surface area (Å²) in [6, 6.07) is 8.35. The second-order valence-corrected chi connectivity index (χ2v) is 6.51. The van der Waals surface area contributed by atoms with E-state index in [9.17, 15) is 0 Å². The molecule has 1 nitrogen and oxygen atoms in total. The maximum absolute atomic E-state index is 6.12. The van der Waals surface area contributed by atoms with Gasteiger partial charge in [-0.3, -0.25) is 4.98 Å². The van der Waals surface area contributed by atoms with E-state index in [1.807, 2.05) is 6.07 Å². The Kier molecular flexibility index (Phi) is 4.82. The van der Waals surface area contributed by atoms with E-state index in [0.29, 0.717) is 5.02 Å². The van der Waals surface area contributed by atoms with Crippen molar-refractivity contribution in [3.05, 3.63) is 62.8 Å². The number of aryl methyl sites for hydroxylation is 1. The Bertz CT molecular complexity index is 557. The molecule has 0 spiro atoms. The van der Waals surface area contributed by atoms with E-state index in [2.05, 4.69) is 62.0 Å². The van der Waals surface area contributed by atoms with Crippen LogP contribution >= 0.6 is 43.5 Å². The fourth-order valence-corrected chi connectivity index (χ4v) is 2.91. The van der Waals surface area contributed by atoms with Gasteiger partial charge in [-0.05, 0) is 42.2 Å². The minimum absolute atomic E-state index is 0.245. The van der Waals surface area contributed by atoms with Gasteiger partial charge in [0.05, 0.1) is 5.02 Å². The Balaban J connectivity index is 2.19. The van der Waals surface area contributed by atoms with Crippen LogP contribution < -0.4 is 0 Å². The standard InChI is InChI=1S/C14H12Br2ClN/c1-9-2-3-10(6-12(9)15)13(16)7-11-4-5-18-8-14(11)17/h2-6,8,13H,7H2,1H3. The lowest BCUT2D eigenvalue weighted by Gasteiger charge is -2.12. The van der Waals surface area contributed by atoms with Gasteiger partial charge in [-0.25, -0.2) is 0 Å². The number of benzene rings is 1. The summed E-state index contributed by atoms with van der Waals surface area (Å²) >= 11 is 13.4. The first kappa shape index (κ1) is 14.0. The number of alkyl halides is 1. The molecule has 18 heavy (non-hydrogen) atoms. The van der Waals surface area contributed by atoms with E-state index in [-0.39, 0.29) is 4.83 Å². The number of halogens is 3. The molecule has 1 unspecified atom stereocenters. The number of hydrogen-bond acceptors (Lipinski definition) is 1. The second kappa shape index (κ2) is 6.18. The van der Waals surface area contributed by atoms with Gasteiger partial charge >= 0.3 is 0 Å². The molecule has 0 N–H and O–H groups in total. The van der Waals surface area contributed by atoms with Crippen LogP contribution in [0.5, 0.6) is 0 Å². The van der Waals surface area contributed by atoms with Gasteiger partial charge in [0.25, 0.3) is 0 Å². The van der Waals surface area contributed by atoms with Crippen LogP contribution in [-0.4, -0.2) is 4.98 Å². The largest absolute Gasteiger partial charge is 0.263 e. The highest BCUT2D eigenvalue weighted by molar-refractivity contribution is 9.10. The van der Waals surface area contributed by atoms with Crippen LogP contribution in [0.25, 0.3) is 0 Å². The monoisotopic (exact) mass is 387 g/mol. The molecule has 0 amide bonds. The van der Waals surface area contributed by atoms with Crippen molar-refractivity contribution in [2.45, 2.75) is 18.2 Å². The van der Waals surface area contributed by atoms with Crippen molar-refractivity contribution in [1.29, 1.82) is 0 Å². The van der Waals surface area contributed by atoms with E-state index in [4.69, 9.17) is 11.6 Å². The van der Waals surface area contributed by atoms with Crippen molar-refractivity contribution >= 4 is 43.5 Å². The number of pyridine rings is 1. The molecule has 0 saturated heterocycles. The molecule has 0 aliphatic carbocycles. The van der Waals surface area contributed by atoms with Gasteiger partial charge in [-0.1, -0.05) is 55.6 Å². The van der Waals surface area contributed by atoms with Crippen molar-refractivity contribution in [2.24, 2.45) is 0 Å². The first-order valence-electron chi connectivity index (χ1n) is 5.56. The average molecular weight is 390 g/mol. The van der Waals surface area contributed by atoms with Crippen LogP contribution in [0.2, 0.25) is 5.02 Å². The SMILES string of the molecule is Cc1ccc(C(Br)Cc2ccncc2Cl)cc1Br. The van der Waals surface area contributed by atoms with Crippen LogP contribution in [0.1, 0.15) is 21.5 Å². The number of aromatic nitrogens is 1. The molecule has 0 radical (unpaired) electrons. The van der Waals surface area contributed by atoms with Crippen LogP contribution in [0.4, 0.5) is 0 Å². The van der Waals surface area contributed by atoms with Crippen molar-refractivity contribution in [3.63, 3.8) is 0 Å². The minimum Gasteiger partial charge on any atom is -0.263 e. The topological polar surface area (TPSA) is 12.9 Å². The lowest BCUT2D eigenvalue weighted by Crippen LogP contribution is -1.97. The summed E-state index contributed by atoms with van der Waals surface area (Å²) in [7, 11) is 0. The molecule has 0 bridgehead atoms. The van der Waals surface area contributed by atoms with Gasteiger partial charge in [-0.15, -0.1) is 0 Å². The molecule has 1 atom stereocenters. The highest BCUT2D eigenvalue weighted by Gasteiger charge is 2.11. The lowest BCUT2D eigenvalue weighted by molar-refractivity contribution is 0.942. The van der Waals surface area contributed by atoms with Crippen molar-refractivity contribution in [2.75, 3.05) is 0 Å². The zero-order valence-electron chi connectivity index (χ0n) is 9.83. The average Bonchev–Trinajstić information content (AvgIpc) is 2.35. The molecule has 4 heteroatoms. The predicted molar refractivity (Wildman–Crippen MR) is 83.5 cm³/mol. The van der Waals surface area contributed by atoms with Gasteiger partial charge in [0.15, 0.2) is 0 Å². The Labute approximate surface area is 129 Å². The van der Waals surface area contributed by atoms with Crippen LogP contribution in [0, 0.1) is 6.92 Å². The summed E-state index contributed by atoms with van der Waals surface area (Å²) in [5.74, 6) is 0. The predicted octanol–water partition coefficient (Wildman–Crippen LogP) is 5.48. The Hall–Kier alpha value is -0.380. The summed E-state index contributed by atoms with van der Waals surface area (Å²) < 4.78 is 1.13. The molecular formula is C14H12Br2ClN. The molecule has 1 aromatic heterocycles. The zero-order chi connectivity index (χ0) is 13.1. The normalized spacial score (nSPS) is 12.4. The van der Waals surface area contributed by atoms with Gasteiger partial charge < -0.3 is 0 Å². The molecule has 1 aromatic carbocycles. The number of rotatable bonds is 3. The lowest BCUT2D eigenvalue weighted by atomic mass is 10.0. The van der Waals surface area contributed by atoms with E-state index in [1.54, 1.807) is 12.4 Å². The zero-order valence-corrected chi connectivity index (χ0v) is 13.8. The van der Waals surface area contributed by atoms with Gasteiger partial charge in [0.1, 0.15) is 0 Å². The summed E-state index contributed by atoms with van der Waals surface area (Å²) in [4.78, 5) is 4.24. The molecule has 94 valence electrons. The van der Waals surface area contributed by atoms with Crippen LogP contribution in [0.3, 0.4) is 0 Å². The molecule has 1 heterocycles. The van der Waals surface area contributed by atoms with E-state index in [1.165, 1.54) is 11.1 Å². The van der Waals surface area contributed by atoms with Crippen LogP contribution in [-0.2, 0) is 6.42 Å².